The lowest BCUT2D eigenvalue weighted by molar-refractivity contribution is -0.112. The molecule has 1 N–H and O–H groups in total. The van der Waals surface area contributed by atoms with Crippen molar-refractivity contribution in [3.63, 3.8) is 0 Å². The van der Waals surface area contributed by atoms with Gasteiger partial charge in [-0.1, -0.05) is 35.6 Å². The van der Waals surface area contributed by atoms with Crippen LogP contribution in [0.1, 0.15) is 18.2 Å². The summed E-state index contributed by atoms with van der Waals surface area (Å²) in [6, 6.07) is 21.1. The highest BCUT2D eigenvalue weighted by Gasteiger charge is 2.15. The first-order chi connectivity index (χ1) is 16.1. The molecule has 0 saturated heterocycles. The van der Waals surface area contributed by atoms with Gasteiger partial charge in [-0.3, -0.25) is 10.1 Å². The van der Waals surface area contributed by atoms with E-state index in [0.29, 0.717) is 22.4 Å². The predicted molar refractivity (Wildman–Crippen MR) is 129 cm³/mol. The second-order valence-electron chi connectivity index (χ2n) is 7.08. The van der Waals surface area contributed by atoms with Crippen molar-refractivity contribution in [2.75, 3.05) is 11.9 Å². The van der Waals surface area contributed by atoms with Gasteiger partial charge in [0.15, 0.2) is 0 Å². The first-order valence-corrected chi connectivity index (χ1v) is 11.1. The predicted octanol–water partition coefficient (Wildman–Crippen LogP) is 5.25. The number of ether oxygens (including phenoxy) is 1. The van der Waals surface area contributed by atoms with Gasteiger partial charge in [0, 0.05) is 23.1 Å². The van der Waals surface area contributed by atoms with E-state index in [0.717, 1.165) is 22.6 Å². The van der Waals surface area contributed by atoms with Gasteiger partial charge in [0.05, 0.1) is 6.61 Å². The third-order valence-electron chi connectivity index (χ3n) is 4.88. The number of aryl methyl sites for hydroxylation is 1. The van der Waals surface area contributed by atoms with Gasteiger partial charge in [0.2, 0.25) is 5.13 Å². The largest absolute Gasteiger partial charge is 0.494 e. The topological polar surface area (TPSA) is 92.8 Å². The summed E-state index contributed by atoms with van der Waals surface area (Å²) in [5.74, 6) is 0.245. The second-order valence-corrected chi connectivity index (χ2v) is 8.06. The second kappa shape index (κ2) is 9.94. The number of carbonyl (C=O) groups is 1. The van der Waals surface area contributed by atoms with Crippen molar-refractivity contribution >= 4 is 28.5 Å². The smallest absolute Gasteiger partial charge is 0.268 e. The number of hydrogen-bond donors (Lipinski definition) is 1. The fourth-order valence-electron chi connectivity index (χ4n) is 3.27. The molecule has 2 heterocycles. The van der Waals surface area contributed by atoms with Crippen LogP contribution in [0.5, 0.6) is 5.75 Å². The molecule has 0 radical (unpaired) electrons. The molecule has 0 fully saturated rings. The molecule has 33 heavy (non-hydrogen) atoms. The van der Waals surface area contributed by atoms with Gasteiger partial charge in [0.1, 0.15) is 22.4 Å². The van der Waals surface area contributed by atoms with Crippen molar-refractivity contribution < 1.29 is 9.53 Å². The molecule has 0 spiro atoms. The molecule has 0 atom stereocenters. The van der Waals surface area contributed by atoms with E-state index >= 15 is 0 Å². The van der Waals surface area contributed by atoms with Crippen LogP contribution >= 0.6 is 11.3 Å². The number of anilines is 1. The van der Waals surface area contributed by atoms with E-state index in [2.05, 4.69) is 15.5 Å². The zero-order chi connectivity index (χ0) is 23.2. The molecule has 0 unspecified atom stereocenters. The Hall–Kier alpha value is -4.22. The summed E-state index contributed by atoms with van der Waals surface area (Å²) in [6.45, 7) is 4.52. The van der Waals surface area contributed by atoms with Crippen LogP contribution in [0.25, 0.3) is 22.3 Å². The van der Waals surface area contributed by atoms with Gasteiger partial charge < -0.3 is 9.30 Å². The molecule has 0 aliphatic carbocycles. The average Bonchev–Trinajstić information content (AvgIpc) is 3.48. The first kappa shape index (κ1) is 22.0. The van der Waals surface area contributed by atoms with Gasteiger partial charge in [-0.05, 0) is 61.9 Å². The van der Waals surface area contributed by atoms with Crippen LogP contribution in [0.2, 0.25) is 0 Å². The van der Waals surface area contributed by atoms with Gasteiger partial charge in [-0.15, -0.1) is 10.2 Å². The summed E-state index contributed by atoms with van der Waals surface area (Å²) in [6.07, 6.45) is 3.42. The van der Waals surface area contributed by atoms with Crippen LogP contribution in [0.15, 0.2) is 72.4 Å². The molecule has 164 valence electrons. The summed E-state index contributed by atoms with van der Waals surface area (Å²) >= 11 is 1.26. The normalized spacial score (nSPS) is 11.1. The third-order valence-corrected chi connectivity index (χ3v) is 5.76. The van der Waals surface area contributed by atoms with E-state index in [-0.39, 0.29) is 5.57 Å². The zero-order valence-electron chi connectivity index (χ0n) is 18.1. The lowest BCUT2D eigenvalue weighted by Crippen LogP contribution is -2.13. The van der Waals surface area contributed by atoms with Crippen LogP contribution in [-0.4, -0.2) is 27.3 Å². The molecule has 8 heteroatoms. The summed E-state index contributed by atoms with van der Waals surface area (Å²) in [5, 5.41) is 21.6. The molecule has 0 bridgehead atoms. The Balaban J connectivity index is 1.53. The maximum atomic E-state index is 12.8. The molecular formula is C25H21N5O2S. The van der Waals surface area contributed by atoms with E-state index in [9.17, 15) is 10.1 Å². The molecule has 7 nitrogen and oxygen atoms in total. The average molecular weight is 456 g/mol. The van der Waals surface area contributed by atoms with Crippen molar-refractivity contribution in [3.8, 4) is 28.1 Å². The lowest BCUT2D eigenvalue weighted by atomic mass is 10.1. The van der Waals surface area contributed by atoms with Crippen molar-refractivity contribution in [3.05, 3.63) is 83.7 Å². The first-order valence-electron chi connectivity index (χ1n) is 10.3. The van der Waals surface area contributed by atoms with Crippen molar-refractivity contribution in [1.82, 2.24) is 14.8 Å². The summed E-state index contributed by atoms with van der Waals surface area (Å²) in [7, 11) is 0. The minimum Gasteiger partial charge on any atom is -0.494 e. The minimum absolute atomic E-state index is 0.0338. The number of benzene rings is 2. The van der Waals surface area contributed by atoms with Gasteiger partial charge in [-0.25, -0.2) is 0 Å². The van der Waals surface area contributed by atoms with Crippen LogP contribution in [0.4, 0.5) is 5.13 Å². The SMILES string of the molecule is CCOc1ccc(-n2cccc2/C=C(/C#N)C(=O)Nc2nnc(-c3ccccc3C)s2)cc1. The Kier molecular flexibility index (Phi) is 6.62. The standard InChI is InChI=1S/C25H21N5O2S/c1-3-32-21-12-10-19(11-13-21)30-14-6-8-20(30)15-18(16-26)23(31)27-25-29-28-24(33-25)22-9-5-4-7-17(22)2/h4-15H,3H2,1-2H3,(H,27,29,31)/b18-15-. The molecule has 4 rings (SSSR count). The van der Waals surface area contributed by atoms with E-state index < -0.39 is 5.91 Å². The molecule has 1 amide bonds. The van der Waals surface area contributed by atoms with E-state index in [1.54, 1.807) is 6.08 Å². The Labute approximate surface area is 195 Å². The number of nitrogens with one attached hydrogen (secondary N) is 1. The number of carbonyl (C=O) groups excluding carboxylic acids is 1. The minimum atomic E-state index is -0.538. The highest BCUT2D eigenvalue weighted by molar-refractivity contribution is 7.18. The van der Waals surface area contributed by atoms with E-state index in [1.165, 1.54) is 11.3 Å². The molecule has 2 aromatic carbocycles. The lowest BCUT2D eigenvalue weighted by Gasteiger charge is -2.09. The number of amides is 1. The fourth-order valence-corrected chi connectivity index (χ4v) is 4.10. The van der Waals surface area contributed by atoms with Gasteiger partial charge in [0.25, 0.3) is 5.91 Å². The van der Waals surface area contributed by atoms with Gasteiger partial charge in [-0.2, -0.15) is 5.26 Å². The summed E-state index contributed by atoms with van der Waals surface area (Å²) < 4.78 is 7.38. The summed E-state index contributed by atoms with van der Waals surface area (Å²) in [4.78, 5) is 12.8. The highest BCUT2D eigenvalue weighted by Crippen LogP contribution is 2.29. The monoisotopic (exact) mass is 455 g/mol. The van der Waals surface area contributed by atoms with Crippen LogP contribution in [0, 0.1) is 18.3 Å². The van der Waals surface area contributed by atoms with Crippen molar-refractivity contribution in [1.29, 1.82) is 5.26 Å². The number of nitriles is 1. The van der Waals surface area contributed by atoms with E-state index in [4.69, 9.17) is 4.74 Å². The van der Waals surface area contributed by atoms with Crippen LogP contribution in [-0.2, 0) is 4.79 Å². The Morgan fingerprint density at radius 2 is 1.94 bits per heavy atom. The van der Waals surface area contributed by atoms with E-state index in [1.807, 2.05) is 91.3 Å². The Bertz CT molecular complexity index is 1350. The molecular weight excluding hydrogens is 434 g/mol. The maximum absolute atomic E-state index is 12.8. The van der Waals surface area contributed by atoms with Gasteiger partial charge >= 0.3 is 0 Å². The molecule has 0 aliphatic rings. The molecule has 0 saturated carbocycles. The molecule has 4 aromatic rings. The van der Waals surface area contributed by atoms with Crippen LogP contribution in [0.3, 0.4) is 0 Å². The van der Waals surface area contributed by atoms with Crippen molar-refractivity contribution in [2.45, 2.75) is 13.8 Å². The number of rotatable bonds is 7. The zero-order valence-corrected chi connectivity index (χ0v) is 19.0. The maximum Gasteiger partial charge on any atom is 0.268 e. The number of nitrogens with zero attached hydrogens (tertiary/aromatic N) is 4. The van der Waals surface area contributed by atoms with Crippen molar-refractivity contribution in [2.24, 2.45) is 0 Å². The molecule has 2 aromatic heterocycles. The number of hydrogen-bond acceptors (Lipinski definition) is 6. The quantitative estimate of drug-likeness (QED) is 0.304. The summed E-state index contributed by atoms with van der Waals surface area (Å²) in [5.41, 5.74) is 3.58. The fraction of sp³-hybridized carbons (Fsp3) is 0.120. The number of aromatic nitrogens is 3. The Morgan fingerprint density at radius 1 is 1.15 bits per heavy atom. The highest BCUT2D eigenvalue weighted by atomic mass is 32.1. The van der Waals surface area contributed by atoms with Crippen LogP contribution < -0.4 is 10.1 Å². The molecule has 0 aliphatic heterocycles. The Morgan fingerprint density at radius 3 is 2.67 bits per heavy atom. The third kappa shape index (κ3) is 5.00.